The number of hydrogen-bond acceptors (Lipinski definition) is 3. The van der Waals surface area contributed by atoms with Gasteiger partial charge in [-0.2, -0.15) is 18.3 Å². The quantitative estimate of drug-likeness (QED) is 0.768. The summed E-state index contributed by atoms with van der Waals surface area (Å²) >= 11 is 0. The van der Waals surface area contributed by atoms with Crippen molar-refractivity contribution in [2.45, 2.75) is 63.5 Å². The fourth-order valence-electron chi connectivity index (χ4n) is 4.33. The van der Waals surface area contributed by atoms with Gasteiger partial charge in [0.05, 0.1) is 23.9 Å². The number of ether oxygens (including phenoxy) is 1. The van der Waals surface area contributed by atoms with Crippen LogP contribution in [0.3, 0.4) is 0 Å². The molecule has 2 aromatic heterocycles. The van der Waals surface area contributed by atoms with Gasteiger partial charge in [-0.25, -0.2) is 9.50 Å². The first-order valence-electron chi connectivity index (χ1n) is 9.43. The lowest BCUT2D eigenvalue weighted by Crippen LogP contribution is -2.27. The third-order valence-electron chi connectivity index (χ3n) is 5.79. The van der Waals surface area contributed by atoms with Gasteiger partial charge in [0.1, 0.15) is 0 Å². The van der Waals surface area contributed by atoms with E-state index in [-0.39, 0.29) is 18.8 Å². The minimum Gasteiger partial charge on any atom is -0.381 e. The van der Waals surface area contributed by atoms with Crippen LogP contribution in [0.25, 0.3) is 5.65 Å². The van der Waals surface area contributed by atoms with Crippen LogP contribution in [0.5, 0.6) is 0 Å². The van der Waals surface area contributed by atoms with E-state index in [1.54, 1.807) is 0 Å². The topological polar surface area (TPSA) is 39.4 Å². The predicted octanol–water partition coefficient (Wildman–Crippen LogP) is 4.77. The van der Waals surface area contributed by atoms with Crippen LogP contribution in [-0.2, 0) is 4.74 Å². The molecule has 1 aliphatic heterocycles. The summed E-state index contributed by atoms with van der Waals surface area (Å²) in [4.78, 5) is 4.58. The Morgan fingerprint density at radius 3 is 2.50 bits per heavy atom. The molecule has 0 N–H and O–H groups in total. The number of aromatic nitrogens is 3. The van der Waals surface area contributed by atoms with E-state index < -0.39 is 12.1 Å². The Labute approximate surface area is 150 Å². The maximum Gasteiger partial charge on any atom is 0.391 e. The van der Waals surface area contributed by atoms with Crippen LogP contribution >= 0.6 is 0 Å². The Hall–Kier alpha value is -1.63. The standard InChI is InChI=1S/C19H24F3N3O/c1-12-9-17(14-3-2-8-26-11-14)25-18(23-12)10-16(24-25)13-4-6-15(7-5-13)19(20,21)22/h9-10,13-15H,2-8,11H2,1H3. The van der Waals surface area contributed by atoms with E-state index in [2.05, 4.69) is 11.1 Å². The van der Waals surface area contributed by atoms with Gasteiger partial charge >= 0.3 is 6.18 Å². The van der Waals surface area contributed by atoms with E-state index in [1.165, 1.54) is 0 Å². The highest BCUT2D eigenvalue weighted by molar-refractivity contribution is 5.43. The Balaban J connectivity index is 1.60. The number of aryl methyl sites for hydroxylation is 1. The molecule has 0 bridgehead atoms. The Bertz CT molecular complexity index is 772. The first-order chi connectivity index (χ1) is 12.4. The van der Waals surface area contributed by atoms with Crippen LogP contribution < -0.4 is 0 Å². The molecule has 0 radical (unpaired) electrons. The van der Waals surface area contributed by atoms with Crippen molar-refractivity contribution in [3.63, 3.8) is 0 Å². The van der Waals surface area contributed by atoms with Crippen molar-refractivity contribution in [1.29, 1.82) is 0 Å². The van der Waals surface area contributed by atoms with Gasteiger partial charge in [-0.15, -0.1) is 0 Å². The monoisotopic (exact) mass is 367 g/mol. The lowest BCUT2D eigenvalue weighted by atomic mass is 9.80. The molecule has 1 aliphatic carbocycles. The van der Waals surface area contributed by atoms with Gasteiger partial charge in [0.15, 0.2) is 5.65 Å². The molecule has 1 saturated heterocycles. The summed E-state index contributed by atoms with van der Waals surface area (Å²) in [6, 6.07) is 4.02. The first kappa shape index (κ1) is 17.8. The molecule has 142 valence electrons. The lowest BCUT2D eigenvalue weighted by Gasteiger charge is -2.28. The summed E-state index contributed by atoms with van der Waals surface area (Å²) in [5, 5.41) is 4.76. The second kappa shape index (κ2) is 6.83. The average Bonchev–Trinajstić information content (AvgIpc) is 3.05. The molecule has 26 heavy (non-hydrogen) atoms. The van der Waals surface area contributed by atoms with Crippen molar-refractivity contribution in [2.75, 3.05) is 13.2 Å². The highest BCUT2D eigenvalue weighted by Gasteiger charge is 2.42. The van der Waals surface area contributed by atoms with Crippen LogP contribution in [0.15, 0.2) is 12.1 Å². The van der Waals surface area contributed by atoms with Crippen molar-refractivity contribution >= 4 is 5.65 Å². The van der Waals surface area contributed by atoms with Gasteiger partial charge in [-0.3, -0.25) is 0 Å². The third kappa shape index (κ3) is 3.46. The lowest BCUT2D eigenvalue weighted by molar-refractivity contribution is -0.182. The maximum absolute atomic E-state index is 12.9. The third-order valence-corrected chi connectivity index (χ3v) is 5.79. The summed E-state index contributed by atoms with van der Waals surface area (Å²) in [6.07, 6.45) is -0.524. The molecule has 4 rings (SSSR count). The number of nitrogens with zero attached hydrogens (tertiary/aromatic N) is 3. The fourth-order valence-corrected chi connectivity index (χ4v) is 4.33. The SMILES string of the molecule is Cc1cc(C2CCCOC2)n2nc(C3CCC(C(F)(F)F)CC3)cc2n1. The summed E-state index contributed by atoms with van der Waals surface area (Å²) in [5.41, 5.74) is 3.70. The van der Waals surface area contributed by atoms with Crippen molar-refractivity contribution in [3.05, 3.63) is 29.2 Å². The van der Waals surface area contributed by atoms with Gasteiger partial charge in [-0.05, 0) is 51.5 Å². The zero-order valence-electron chi connectivity index (χ0n) is 14.9. The predicted molar refractivity (Wildman–Crippen MR) is 91.3 cm³/mol. The molecule has 0 spiro atoms. The Kier molecular flexibility index (Phi) is 4.67. The molecular weight excluding hydrogens is 343 g/mol. The second-order valence-corrected chi connectivity index (χ2v) is 7.67. The molecule has 2 fully saturated rings. The highest BCUT2D eigenvalue weighted by atomic mass is 19.4. The van der Waals surface area contributed by atoms with Crippen LogP contribution in [-0.4, -0.2) is 34.0 Å². The molecule has 3 heterocycles. The van der Waals surface area contributed by atoms with E-state index in [0.717, 1.165) is 42.2 Å². The molecule has 4 nitrogen and oxygen atoms in total. The summed E-state index contributed by atoms with van der Waals surface area (Å²) in [6.45, 7) is 3.45. The minimum absolute atomic E-state index is 0.0889. The molecule has 2 aliphatic rings. The highest BCUT2D eigenvalue weighted by Crippen LogP contribution is 2.42. The van der Waals surface area contributed by atoms with Crippen molar-refractivity contribution < 1.29 is 17.9 Å². The van der Waals surface area contributed by atoms with Crippen molar-refractivity contribution in [3.8, 4) is 0 Å². The molecule has 0 aromatic carbocycles. The average molecular weight is 367 g/mol. The van der Waals surface area contributed by atoms with Crippen LogP contribution in [0.1, 0.15) is 67.4 Å². The Morgan fingerprint density at radius 2 is 1.85 bits per heavy atom. The number of alkyl halides is 3. The van der Waals surface area contributed by atoms with E-state index in [4.69, 9.17) is 9.84 Å². The molecule has 7 heteroatoms. The summed E-state index contributed by atoms with van der Waals surface area (Å²) in [7, 11) is 0. The van der Waals surface area contributed by atoms with E-state index in [1.807, 2.05) is 17.5 Å². The van der Waals surface area contributed by atoms with Crippen LogP contribution in [0.2, 0.25) is 0 Å². The van der Waals surface area contributed by atoms with Gasteiger partial charge < -0.3 is 4.74 Å². The molecule has 1 atom stereocenters. The zero-order chi connectivity index (χ0) is 18.3. The van der Waals surface area contributed by atoms with Gasteiger partial charge in [0.2, 0.25) is 0 Å². The van der Waals surface area contributed by atoms with Gasteiger partial charge in [0, 0.05) is 30.2 Å². The van der Waals surface area contributed by atoms with Crippen molar-refractivity contribution in [2.24, 2.45) is 5.92 Å². The molecule has 0 amide bonds. The smallest absolute Gasteiger partial charge is 0.381 e. The van der Waals surface area contributed by atoms with Gasteiger partial charge in [0.25, 0.3) is 0 Å². The number of fused-ring (bicyclic) bond motifs is 1. The normalized spacial score (nSPS) is 27.8. The maximum atomic E-state index is 12.9. The first-order valence-corrected chi connectivity index (χ1v) is 9.43. The number of halogens is 3. The molecule has 1 unspecified atom stereocenters. The number of hydrogen-bond donors (Lipinski definition) is 0. The van der Waals surface area contributed by atoms with Crippen LogP contribution in [0, 0.1) is 12.8 Å². The molecule has 2 aromatic rings. The fraction of sp³-hybridized carbons (Fsp3) is 0.684. The summed E-state index contributed by atoms with van der Waals surface area (Å²) < 4.78 is 46.2. The number of rotatable bonds is 2. The largest absolute Gasteiger partial charge is 0.391 e. The van der Waals surface area contributed by atoms with E-state index in [9.17, 15) is 13.2 Å². The van der Waals surface area contributed by atoms with Crippen LogP contribution in [0.4, 0.5) is 13.2 Å². The Morgan fingerprint density at radius 1 is 1.08 bits per heavy atom. The minimum atomic E-state index is -4.07. The second-order valence-electron chi connectivity index (χ2n) is 7.67. The van der Waals surface area contributed by atoms with Crippen molar-refractivity contribution in [1.82, 2.24) is 14.6 Å². The van der Waals surface area contributed by atoms with Gasteiger partial charge in [-0.1, -0.05) is 0 Å². The van der Waals surface area contributed by atoms with E-state index in [0.29, 0.717) is 25.4 Å². The molecule has 1 saturated carbocycles. The zero-order valence-corrected chi connectivity index (χ0v) is 14.9. The van der Waals surface area contributed by atoms with E-state index >= 15 is 0 Å². The summed E-state index contributed by atoms with van der Waals surface area (Å²) in [5.74, 6) is -0.779. The molecular formula is C19H24F3N3O.